The van der Waals surface area contributed by atoms with E-state index in [0.29, 0.717) is 5.95 Å². The van der Waals surface area contributed by atoms with E-state index in [9.17, 15) is 8.42 Å². The molecule has 0 fully saturated rings. The highest BCUT2D eigenvalue weighted by molar-refractivity contribution is 7.90. The quantitative estimate of drug-likeness (QED) is 0.515. The third-order valence-corrected chi connectivity index (χ3v) is 6.14. The first-order chi connectivity index (χ1) is 13.9. The van der Waals surface area contributed by atoms with E-state index in [1.165, 1.54) is 0 Å². The first kappa shape index (κ1) is 23.9. The SMILES string of the molecule is CCS(=O)(=O)Cc1ccc(Nc2nc(NCCN(C)C)c3ccccc3n2)cc1.Cl. The Bertz CT molecular complexity index is 1070. The van der Waals surface area contributed by atoms with Crippen LogP contribution in [0.15, 0.2) is 48.5 Å². The molecule has 0 aliphatic carbocycles. The van der Waals surface area contributed by atoms with Crippen LogP contribution < -0.4 is 10.6 Å². The number of para-hydroxylation sites is 1. The fourth-order valence-corrected chi connectivity index (χ4v) is 3.74. The van der Waals surface area contributed by atoms with Crippen molar-refractivity contribution in [3.8, 4) is 0 Å². The van der Waals surface area contributed by atoms with E-state index in [1.54, 1.807) is 6.92 Å². The topological polar surface area (TPSA) is 87.2 Å². The molecule has 1 aromatic heterocycles. The Morgan fingerprint density at radius 1 is 1.00 bits per heavy atom. The van der Waals surface area contributed by atoms with Crippen molar-refractivity contribution in [3.05, 3.63) is 54.1 Å². The maximum atomic E-state index is 11.8. The number of rotatable bonds is 9. The van der Waals surface area contributed by atoms with Gasteiger partial charge in [-0.05, 0) is 43.9 Å². The average molecular weight is 450 g/mol. The first-order valence-corrected chi connectivity index (χ1v) is 11.4. The van der Waals surface area contributed by atoms with Crippen molar-refractivity contribution in [1.29, 1.82) is 0 Å². The van der Waals surface area contributed by atoms with Crippen molar-refractivity contribution in [2.45, 2.75) is 12.7 Å². The van der Waals surface area contributed by atoms with Crippen molar-refractivity contribution in [2.24, 2.45) is 0 Å². The van der Waals surface area contributed by atoms with E-state index >= 15 is 0 Å². The molecule has 0 aliphatic rings. The summed E-state index contributed by atoms with van der Waals surface area (Å²) in [5.41, 5.74) is 2.42. The van der Waals surface area contributed by atoms with Crippen LogP contribution in [0.1, 0.15) is 12.5 Å². The van der Waals surface area contributed by atoms with E-state index in [4.69, 9.17) is 0 Å². The molecule has 0 radical (unpaired) electrons. The largest absolute Gasteiger partial charge is 0.368 e. The molecule has 9 heteroatoms. The Kier molecular flexibility index (Phi) is 8.40. The molecule has 1 heterocycles. The van der Waals surface area contributed by atoms with Gasteiger partial charge in [0.15, 0.2) is 9.84 Å². The van der Waals surface area contributed by atoms with Gasteiger partial charge in [0.2, 0.25) is 5.95 Å². The number of benzene rings is 2. The van der Waals surface area contributed by atoms with Crippen LogP contribution in [0.5, 0.6) is 0 Å². The molecule has 0 spiro atoms. The smallest absolute Gasteiger partial charge is 0.229 e. The summed E-state index contributed by atoms with van der Waals surface area (Å²) in [4.78, 5) is 11.3. The van der Waals surface area contributed by atoms with Crippen molar-refractivity contribution < 1.29 is 8.42 Å². The fraction of sp³-hybridized carbons (Fsp3) is 0.333. The molecule has 7 nitrogen and oxygen atoms in total. The average Bonchev–Trinajstić information content (AvgIpc) is 2.69. The van der Waals surface area contributed by atoms with Crippen molar-refractivity contribution >= 4 is 50.6 Å². The number of anilines is 3. The van der Waals surface area contributed by atoms with Crippen molar-refractivity contribution in [1.82, 2.24) is 14.9 Å². The van der Waals surface area contributed by atoms with Crippen LogP contribution >= 0.6 is 12.4 Å². The van der Waals surface area contributed by atoms with E-state index in [1.807, 2.05) is 62.6 Å². The van der Waals surface area contributed by atoms with Gasteiger partial charge in [-0.3, -0.25) is 0 Å². The summed E-state index contributed by atoms with van der Waals surface area (Å²) in [6.45, 7) is 3.32. The van der Waals surface area contributed by atoms with Gasteiger partial charge in [0, 0.05) is 29.9 Å². The number of hydrogen-bond donors (Lipinski definition) is 2. The predicted octanol–water partition coefficient (Wildman–Crippen LogP) is 3.70. The minimum absolute atomic E-state index is 0. The summed E-state index contributed by atoms with van der Waals surface area (Å²) >= 11 is 0. The molecule has 0 atom stereocenters. The zero-order chi connectivity index (χ0) is 20.9. The molecular weight excluding hydrogens is 422 g/mol. The minimum atomic E-state index is -3.05. The van der Waals surface area contributed by atoms with Crippen molar-refractivity contribution in [2.75, 3.05) is 43.6 Å². The van der Waals surface area contributed by atoms with Gasteiger partial charge in [-0.25, -0.2) is 13.4 Å². The molecule has 3 rings (SSSR count). The summed E-state index contributed by atoms with van der Waals surface area (Å²) in [6.07, 6.45) is 0. The van der Waals surface area contributed by atoms with Crippen LogP contribution in [0.4, 0.5) is 17.5 Å². The maximum Gasteiger partial charge on any atom is 0.229 e. The van der Waals surface area contributed by atoms with Gasteiger partial charge < -0.3 is 15.5 Å². The summed E-state index contributed by atoms with van der Waals surface area (Å²) in [5.74, 6) is 1.47. The summed E-state index contributed by atoms with van der Waals surface area (Å²) in [7, 11) is 1.01. The molecule has 2 aromatic carbocycles. The van der Waals surface area contributed by atoms with Gasteiger partial charge in [-0.2, -0.15) is 4.98 Å². The monoisotopic (exact) mass is 449 g/mol. The summed E-state index contributed by atoms with van der Waals surface area (Å²) in [6, 6.07) is 15.2. The summed E-state index contributed by atoms with van der Waals surface area (Å²) < 4.78 is 23.6. The van der Waals surface area contributed by atoms with Crippen LogP contribution in [-0.4, -0.2) is 56.2 Å². The number of sulfone groups is 1. The number of likely N-dealkylation sites (N-methyl/N-ethyl adjacent to an activating group) is 1. The lowest BCUT2D eigenvalue weighted by molar-refractivity contribution is 0.425. The van der Waals surface area contributed by atoms with Crippen LogP contribution in [0.2, 0.25) is 0 Å². The zero-order valence-corrected chi connectivity index (χ0v) is 19.1. The lowest BCUT2D eigenvalue weighted by Gasteiger charge is -2.14. The standard InChI is InChI=1S/C21H27N5O2S.ClH/c1-4-29(27,28)15-16-9-11-17(12-10-16)23-21-24-19-8-6-5-7-18(19)20(25-21)22-13-14-26(2)3;/h5-12H,4,13-15H2,1-3H3,(H2,22,23,24,25);1H. The third kappa shape index (κ3) is 6.55. The number of hydrogen-bond acceptors (Lipinski definition) is 7. The molecule has 3 aromatic rings. The second-order valence-corrected chi connectivity index (χ2v) is 9.49. The molecule has 30 heavy (non-hydrogen) atoms. The molecule has 0 saturated heterocycles. The van der Waals surface area contributed by atoms with Gasteiger partial charge in [0.05, 0.1) is 11.3 Å². The third-order valence-electron chi connectivity index (χ3n) is 4.49. The highest BCUT2D eigenvalue weighted by Gasteiger charge is 2.10. The van der Waals surface area contributed by atoms with E-state index in [-0.39, 0.29) is 23.9 Å². The van der Waals surface area contributed by atoms with Crippen LogP contribution in [0, 0.1) is 0 Å². The second kappa shape index (κ2) is 10.6. The number of nitrogens with zero attached hydrogens (tertiary/aromatic N) is 3. The molecule has 0 saturated carbocycles. The Morgan fingerprint density at radius 3 is 2.37 bits per heavy atom. The summed E-state index contributed by atoms with van der Waals surface area (Å²) in [5, 5.41) is 7.57. The van der Waals surface area contributed by atoms with E-state index in [0.717, 1.165) is 41.1 Å². The minimum Gasteiger partial charge on any atom is -0.368 e. The van der Waals surface area contributed by atoms with Crippen LogP contribution in [0.25, 0.3) is 10.9 Å². The van der Waals surface area contributed by atoms with Gasteiger partial charge in [-0.1, -0.05) is 31.2 Å². The lowest BCUT2D eigenvalue weighted by Crippen LogP contribution is -2.21. The van der Waals surface area contributed by atoms with Crippen LogP contribution in [0.3, 0.4) is 0 Å². The van der Waals surface area contributed by atoms with Crippen LogP contribution in [-0.2, 0) is 15.6 Å². The van der Waals surface area contributed by atoms with Crippen molar-refractivity contribution in [3.63, 3.8) is 0 Å². The van der Waals surface area contributed by atoms with E-state index in [2.05, 4.69) is 25.5 Å². The first-order valence-electron chi connectivity index (χ1n) is 9.58. The number of halogens is 1. The van der Waals surface area contributed by atoms with E-state index < -0.39 is 9.84 Å². The molecule has 162 valence electrons. The number of fused-ring (bicyclic) bond motifs is 1. The second-order valence-electron chi connectivity index (χ2n) is 7.14. The molecule has 0 amide bonds. The molecule has 2 N–H and O–H groups in total. The highest BCUT2D eigenvalue weighted by Crippen LogP contribution is 2.24. The lowest BCUT2D eigenvalue weighted by atomic mass is 10.2. The van der Waals surface area contributed by atoms with Gasteiger partial charge in [0.1, 0.15) is 5.82 Å². The highest BCUT2D eigenvalue weighted by atomic mass is 35.5. The molecule has 0 unspecified atom stereocenters. The van der Waals surface area contributed by atoms with Gasteiger partial charge >= 0.3 is 0 Å². The molecule has 0 bridgehead atoms. The Balaban J connectivity index is 0.00000320. The maximum absolute atomic E-state index is 11.8. The predicted molar refractivity (Wildman–Crippen MR) is 127 cm³/mol. The Hall–Kier alpha value is -2.42. The molecule has 0 aliphatic heterocycles. The Morgan fingerprint density at radius 2 is 1.70 bits per heavy atom. The number of aromatic nitrogens is 2. The fourth-order valence-electron chi connectivity index (χ4n) is 2.83. The number of nitrogens with one attached hydrogen (secondary N) is 2. The van der Waals surface area contributed by atoms with Gasteiger partial charge in [0.25, 0.3) is 0 Å². The normalized spacial score (nSPS) is 11.3. The van der Waals surface area contributed by atoms with Gasteiger partial charge in [-0.15, -0.1) is 12.4 Å². The Labute approximate surface area is 184 Å². The zero-order valence-electron chi connectivity index (χ0n) is 17.4. The molecular formula is C21H28ClN5O2S.